The Hall–Kier alpha value is 0.490. The first-order valence-corrected chi connectivity index (χ1v) is 8.49. The van der Waals surface area contributed by atoms with Gasteiger partial charge in [-0.1, -0.05) is 0 Å². The number of hydrogen-bond donors (Lipinski definition) is 8. The maximum Gasteiger partial charge on any atom is 0.357 e. The summed E-state index contributed by atoms with van der Waals surface area (Å²) in [5, 5.41) is -3.24. The Bertz CT molecular complexity index is 317. The van der Waals surface area contributed by atoms with Crippen LogP contribution >= 0.6 is 26.1 Å². The average Bonchev–Trinajstić information content (AvgIpc) is 1.93. The van der Waals surface area contributed by atoms with Crippen LogP contribution in [-0.4, -0.2) is 44.0 Å². The molecule has 0 aromatic carbocycles. The summed E-state index contributed by atoms with van der Waals surface area (Å²) in [6.07, 6.45) is -1.15. The first kappa shape index (κ1) is 16.5. The third-order valence-electron chi connectivity index (χ3n) is 1.75. The lowest BCUT2D eigenvalue weighted by Gasteiger charge is -2.32. The van der Waals surface area contributed by atoms with Crippen LogP contribution in [-0.2, 0) is 9.13 Å². The summed E-state index contributed by atoms with van der Waals surface area (Å²) in [5.74, 6) is -1.06. The fraction of sp³-hybridized carbons (Fsp3) is 1.00. The number of hydrogen-bond acceptors (Lipinski definition) is 6. The zero-order valence-corrected chi connectivity index (χ0v) is 10.3. The molecule has 0 aliphatic heterocycles. The first-order chi connectivity index (χ1) is 6.71. The minimum absolute atomic E-state index is 1.06. The van der Waals surface area contributed by atoms with Gasteiger partial charge in [0.1, 0.15) is 0 Å². The van der Waals surface area contributed by atoms with Gasteiger partial charge in [-0.2, -0.15) is 0 Å². The SMILES string of the molecule is NC(CCS(O)(O)O)(P(=O)(O)O)P(=O)(O)O. The quantitative estimate of drug-likeness (QED) is 0.308. The molecule has 0 spiro atoms. The minimum atomic E-state index is -5.40. The molecule has 0 saturated heterocycles. The van der Waals surface area contributed by atoms with Crippen molar-refractivity contribution in [3.63, 3.8) is 0 Å². The Morgan fingerprint density at radius 3 is 1.50 bits per heavy atom. The van der Waals surface area contributed by atoms with E-state index in [0.29, 0.717) is 0 Å². The summed E-state index contributed by atoms with van der Waals surface area (Å²) < 4.78 is 47.4. The van der Waals surface area contributed by atoms with Crippen LogP contribution in [0.25, 0.3) is 0 Å². The van der Waals surface area contributed by atoms with Crippen LogP contribution in [0.3, 0.4) is 0 Å². The smallest absolute Gasteiger partial charge is 0.323 e. The summed E-state index contributed by atoms with van der Waals surface area (Å²) in [7, 11) is -14.9. The number of rotatable bonds is 5. The van der Waals surface area contributed by atoms with Gasteiger partial charge in [-0.05, 0) is 0 Å². The third kappa shape index (κ3) is 4.06. The van der Waals surface area contributed by atoms with Crippen LogP contribution in [0.1, 0.15) is 6.42 Å². The van der Waals surface area contributed by atoms with Crippen molar-refractivity contribution in [2.75, 3.05) is 5.75 Å². The largest absolute Gasteiger partial charge is 0.357 e. The highest BCUT2D eigenvalue weighted by molar-refractivity contribution is 8.19. The van der Waals surface area contributed by atoms with E-state index < -0.39 is 43.3 Å². The molecule has 0 saturated carbocycles. The van der Waals surface area contributed by atoms with E-state index >= 15 is 0 Å². The summed E-state index contributed by atoms with van der Waals surface area (Å²) in [6, 6.07) is 0. The molecule has 0 bridgehead atoms. The topological polar surface area (TPSA) is 202 Å². The van der Waals surface area contributed by atoms with Crippen molar-refractivity contribution in [1.29, 1.82) is 0 Å². The second-order valence-corrected chi connectivity index (χ2v) is 8.85. The molecule has 13 heteroatoms. The molecule has 10 nitrogen and oxygen atoms in total. The van der Waals surface area contributed by atoms with Crippen molar-refractivity contribution in [1.82, 2.24) is 0 Å². The second kappa shape index (κ2) is 4.63. The van der Waals surface area contributed by atoms with Gasteiger partial charge in [0.05, 0.1) is 10.9 Å². The molecule has 16 heavy (non-hydrogen) atoms. The average molecular weight is 301 g/mol. The van der Waals surface area contributed by atoms with Gasteiger partial charge >= 0.3 is 15.2 Å². The fourth-order valence-electron chi connectivity index (χ4n) is 0.748. The highest BCUT2D eigenvalue weighted by Gasteiger charge is 2.57. The molecule has 0 fully saturated rings. The maximum atomic E-state index is 10.9. The van der Waals surface area contributed by atoms with Crippen LogP contribution in [0.4, 0.5) is 0 Å². The first-order valence-electron chi connectivity index (χ1n) is 3.59. The molecule has 0 aromatic rings. The van der Waals surface area contributed by atoms with Gasteiger partial charge in [0.2, 0.25) is 5.02 Å². The molecular weight excluding hydrogens is 288 g/mol. The Morgan fingerprint density at radius 2 is 1.31 bits per heavy atom. The Kier molecular flexibility index (Phi) is 4.78. The lowest BCUT2D eigenvalue weighted by Crippen LogP contribution is -2.40. The van der Waals surface area contributed by atoms with Crippen molar-refractivity contribution in [2.45, 2.75) is 11.4 Å². The molecule has 0 amide bonds. The molecule has 0 atom stereocenters. The molecule has 0 aliphatic carbocycles. The molecule has 0 radical (unpaired) electrons. The van der Waals surface area contributed by atoms with Gasteiger partial charge in [-0.15, -0.1) is 0 Å². The standard InChI is InChI=1S/C3H13NO9P2S/c4-3(14(5,6)7,15(8,9)10)1-2-16(11,12)13/h11-13H,1-2,4H2,(H2,5,6,7)(H2,8,9,10). The maximum absolute atomic E-state index is 10.9. The normalized spacial score (nSPS) is 16.2. The Morgan fingerprint density at radius 1 is 1.00 bits per heavy atom. The second-order valence-electron chi connectivity index (χ2n) is 3.05. The van der Waals surface area contributed by atoms with E-state index in [-0.39, 0.29) is 0 Å². The molecule has 0 aromatic heterocycles. The van der Waals surface area contributed by atoms with Gasteiger partial charge < -0.3 is 39.0 Å². The van der Waals surface area contributed by atoms with Crippen LogP contribution < -0.4 is 5.73 Å². The van der Waals surface area contributed by atoms with E-state index in [9.17, 15) is 9.13 Å². The zero-order chi connectivity index (χ0) is 13.4. The minimum Gasteiger partial charge on any atom is -0.323 e. The number of nitrogens with two attached hydrogens (primary N) is 1. The molecule has 0 unspecified atom stereocenters. The highest BCUT2D eigenvalue weighted by Crippen LogP contribution is 2.68. The van der Waals surface area contributed by atoms with Crippen molar-refractivity contribution in [2.24, 2.45) is 5.73 Å². The van der Waals surface area contributed by atoms with Crippen LogP contribution in [0.2, 0.25) is 0 Å². The van der Waals surface area contributed by atoms with Crippen molar-refractivity contribution in [3.8, 4) is 0 Å². The van der Waals surface area contributed by atoms with Gasteiger partial charge in [-0.3, -0.25) is 9.13 Å². The lowest BCUT2D eigenvalue weighted by atomic mass is 10.5. The predicted octanol–water partition coefficient (Wildman–Crippen LogP) is -0.432. The molecule has 0 heterocycles. The lowest BCUT2D eigenvalue weighted by molar-refractivity contribution is 0.304. The predicted molar refractivity (Wildman–Crippen MR) is 56.0 cm³/mol. The third-order valence-corrected chi connectivity index (χ3v) is 6.53. The molecule has 100 valence electrons. The van der Waals surface area contributed by atoms with E-state index in [2.05, 4.69) is 0 Å². The van der Waals surface area contributed by atoms with Crippen molar-refractivity contribution >= 4 is 26.1 Å². The summed E-state index contributed by atoms with van der Waals surface area (Å²) >= 11 is 0. The molecule has 9 N–H and O–H groups in total. The van der Waals surface area contributed by atoms with E-state index in [4.69, 9.17) is 39.0 Å². The summed E-state index contributed by atoms with van der Waals surface area (Å²) in [6.45, 7) is 0. The fourth-order valence-corrected chi connectivity index (χ4v) is 3.81. The van der Waals surface area contributed by atoms with Gasteiger partial charge in [0.15, 0.2) is 0 Å². The van der Waals surface area contributed by atoms with E-state index in [1.165, 1.54) is 0 Å². The Labute approximate surface area is 92.0 Å². The van der Waals surface area contributed by atoms with Crippen molar-refractivity contribution < 1.29 is 42.4 Å². The van der Waals surface area contributed by atoms with Gasteiger partial charge in [0.25, 0.3) is 0 Å². The van der Waals surface area contributed by atoms with Crippen LogP contribution in [0.5, 0.6) is 0 Å². The van der Waals surface area contributed by atoms with Crippen LogP contribution in [0.15, 0.2) is 0 Å². The summed E-state index contributed by atoms with van der Waals surface area (Å²) in [4.78, 5) is 34.9. The van der Waals surface area contributed by atoms with Crippen LogP contribution in [0, 0.1) is 0 Å². The molecule has 0 rings (SSSR count). The monoisotopic (exact) mass is 301 g/mol. The van der Waals surface area contributed by atoms with Gasteiger partial charge in [0, 0.05) is 12.2 Å². The summed E-state index contributed by atoms with van der Waals surface area (Å²) in [5.41, 5.74) is 4.91. The molecule has 0 aliphatic rings. The van der Waals surface area contributed by atoms with E-state index in [1.54, 1.807) is 0 Å². The van der Waals surface area contributed by atoms with Crippen molar-refractivity contribution in [3.05, 3.63) is 0 Å². The Balaban J connectivity index is 5.16. The van der Waals surface area contributed by atoms with E-state index in [0.717, 1.165) is 0 Å². The molecular formula is C3H13NO9P2S. The van der Waals surface area contributed by atoms with E-state index in [1.807, 2.05) is 0 Å². The highest BCUT2D eigenvalue weighted by atomic mass is 32.3. The van der Waals surface area contributed by atoms with Gasteiger partial charge in [-0.25, -0.2) is 0 Å². The zero-order valence-electron chi connectivity index (χ0n) is 7.74.